The molecule has 2 aromatic rings. The molecule has 1 saturated heterocycles. The minimum absolute atomic E-state index is 0.254. The Bertz CT molecular complexity index is 998. The largest absolute Gasteiger partial charge is 0.360 e. The Morgan fingerprint density at radius 3 is 2.41 bits per heavy atom. The molecule has 0 aliphatic carbocycles. The Balaban J connectivity index is 0.000000970. The van der Waals surface area contributed by atoms with E-state index in [1.54, 1.807) is 12.1 Å². The molecule has 4 rings (SSSR count). The van der Waals surface area contributed by atoms with E-state index in [2.05, 4.69) is 58.5 Å². The number of nitrogens with zero attached hydrogens (tertiary/aromatic N) is 4. The fraction of sp³-hybridized carbons (Fsp3) is 0.357. The zero-order valence-electron chi connectivity index (χ0n) is 21.1. The van der Waals surface area contributed by atoms with Gasteiger partial charge in [0.1, 0.15) is 5.82 Å². The lowest BCUT2D eigenvalue weighted by Gasteiger charge is -2.37. The van der Waals surface area contributed by atoms with E-state index >= 15 is 0 Å². The molecular formula is C28H37FN4O. The minimum Gasteiger partial charge on any atom is -0.360 e. The number of hydrogen-bond acceptors (Lipinski definition) is 4. The molecule has 0 spiro atoms. The number of aliphatic imine (C=N–C) groups is 1. The third kappa shape index (κ3) is 5.93. The van der Waals surface area contributed by atoms with Gasteiger partial charge in [-0.15, -0.1) is 13.2 Å². The summed E-state index contributed by atoms with van der Waals surface area (Å²) in [6.07, 6.45) is 5.98. The van der Waals surface area contributed by atoms with Crippen molar-refractivity contribution in [3.8, 4) is 0 Å². The van der Waals surface area contributed by atoms with Crippen LogP contribution in [-0.4, -0.2) is 37.2 Å². The molecule has 5 nitrogen and oxygen atoms in total. The number of piperidine rings is 1. The summed E-state index contributed by atoms with van der Waals surface area (Å²) in [5.74, 6) is 0.611. The molecule has 0 radical (unpaired) electrons. The Morgan fingerprint density at radius 1 is 1.15 bits per heavy atom. The third-order valence-electron chi connectivity index (χ3n) is 5.65. The van der Waals surface area contributed by atoms with Gasteiger partial charge in [0.25, 0.3) is 0 Å². The van der Waals surface area contributed by atoms with Gasteiger partial charge in [0.15, 0.2) is 5.84 Å². The van der Waals surface area contributed by atoms with Gasteiger partial charge in [0, 0.05) is 38.3 Å². The SMILES string of the molecule is C=C.CC.CCN=CN(C)c1ccc(/C=C2\CCCN3C2=NOC3(C)c2ccc(F)cc2)cc1. The van der Waals surface area contributed by atoms with Gasteiger partial charge >= 0.3 is 0 Å². The van der Waals surface area contributed by atoms with Crippen LogP contribution in [0.25, 0.3) is 6.08 Å². The highest BCUT2D eigenvalue weighted by molar-refractivity contribution is 6.03. The van der Waals surface area contributed by atoms with Crippen molar-refractivity contribution in [2.45, 2.75) is 46.3 Å². The average Bonchev–Trinajstić information content (AvgIpc) is 3.24. The molecule has 0 N–H and O–H groups in total. The van der Waals surface area contributed by atoms with Crippen LogP contribution in [0.1, 0.15) is 51.7 Å². The van der Waals surface area contributed by atoms with Crippen LogP contribution in [0.15, 0.2) is 77.4 Å². The molecule has 182 valence electrons. The number of hydrogen-bond donors (Lipinski definition) is 0. The fourth-order valence-electron chi connectivity index (χ4n) is 3.91. The van der Waals surface area contributed by atoms with E-state index in [9.17, 15) is 4.39 Å². The summed E-state index contributed by atoms with van der Waals surface area (Å²) >= 11 is 0. The van der Waals surface area contributed by atoms with Gasteiger partial charge in [0.05, 0.1) is 6.34 Å². The highest BCUT2D eigenvalue weighted by atomic mass is 19.1. The third-order valence-corrected chi connectivity index (χ3v) is 5.65. The standard InChI is InChI=1S/C24H27FN4O.C2H6.C2H4/c1-4-26-17-28(3)22-13-7-18(8-14-22)16-19-6-5-15-29-23(19)27-30-24(29,2)20-9-11-21(25)12-10-20;2*1-2/h7-14,16-17H,4-6,15H2,1-3H3;1-2H3;1-2H2/b19-16+,26-17?;;. The second-order valence-corrected chi connectivity index (χ2v) is 7.74. The van der Waals surface area contributed by atoms with E-state index in [0.717, 1.165) is 54.2 Å². The highest BCUT2D eigenvalue weighted by Crippen LogP contribution is 2.40. The van der Waals surface area contributed by atoms with Crippen LogP contribution in [0.4, 0.5) is 10.1 Å². The Hall–Kier alpha value is -3.41. The minimum atomic E-state index is -0.715. The fourth-order valence-corrected chi connectivity index (χ4v) is 3.91. The summed E-state index contributed by atoms with van der Waals surface area (Å²) < 4.78 is 13.4. The maximum atomic E-state index is 13.4. The van der Waals surface area contributed by atoms with E-state index < -0.39 is 5.72 Å². The Kier molecular flexibility index (Phi) is 10.0. The van der Waals surface area contributed by atoms with Gasteiger partial charge in [-0.25, -0.2) is 4.39 Å². The van der Waals surface area contributed by atoms with Crippen LogP contribution in [0.5, 0.6) is 0 Å². The van der Waals surface area contributed by atoms with Gasteiger partial charge in [0.2, 0.25) is 5.72 Å². The number of oxime groups is 1. The molecule has 0 bridgehead atoms. The number of fused-ring (bicyclic) bond motifs is 1. The first-order valence-electron chi connectivity index (χ1n) is 11.8. The molecule has 2 aliphatic heterocycles. The summed E-state index contributed by atoms with van der Waals surface area (Å²) in [6, 6.07) is 14.8. The normalized spacial score (nSPS) is 19.9. The van der Waals surface area contributed by atoms with Gasteiger partial charge in [-0.3, -0.25) is 4.99 Å². The number of anilines is 1. The van der Waals surface area contributed by atoms with Crippen LogP contribution < -0.4 is 4.90 Å². The molecule has 0 saturated carbocycles. The van der Waals surface area contributed by atoms with E-state index in [-0.39, 0.29) is 5.82 Å². The summed E-state index contributed by atoms with van der Waals surface area (Å²) in [4.78, 5) is 14.4. The van der Waals surface area contributed by atoms with Gasteiger partial charge in [-0.2, -0.15) is 0 Å². The maximum absolute atomic E-state index is 13.4. The predicted octanol–water partition coefficient (Wildman–Crippen LogP) is 6.83. The summed E-state index contributed by atoms with van der Waals surface area (Å²) in [5, 5.41) is 4.42. The van der Waals surface area contributed by atoms with Gasteiger partial charge < -0.3 is 14.6 Å². The number of benzene rings is 2. The Morgan fingerprint density at radius 2 is 1.79 bits per heavy atom. The number of rotatable bonds is 5. The van der Waals surface area contributed by atoms with Crippen molar-refractivity contribution in [3.05, 3.63) is 84.2 Å². The highest BCUT2D eigenvalue weighted by Gasteiger charge is 2.45. The summed E-state index contributed by atoms with van der Waals surface area (Å²) in [6.45, 7) is 15.6. The van der Waals surface area contributed by atoms with E-state index in [1.807, 2.05) is 46.0 Å². The molecule has 6 heteroatoms. The quantitative estimate of drug-likeness (QED) is 0.276. The van der Waals surface area contributed by atoms with Gasteiger partial charge in [-0.1, -0.05) is 43.3 Å². The molecular weight excluding hydrogens is 427 g/mol. The summed E-state index contributed by atoms with van der Waals surface area (Å²) in [7, 11) is 1.99. The summed E-state index contributed by atoms with van der Waals surface area (Å²) in [5.41, 5.74) is 3.54. The van der Waals surface area contributed by atoms with Crippen molar-refractivity contribution in [1.29, 1.82) is 0 Å². The average molecular weight is 465 g/mol. The van der Waals surface area contributed by atoms with Crippen molar-refractivity contribution in [2.24, 2.45) is 10.1 Å². The first-order chi connectivity index (χ1) is 16.5. The molecule has 2 aliphatic rings. The lowest BCUT2D eigenvalue weighted by molar-refractivity contribution is -0.0913. The smallest absolute Gasteiger partial charge is 0.234 e. The molecule has 2 aromatic carbocycles. The Labute approximate surface area is 203 Å². The predicted molar refractivity (Wildman–Crippen MR) is 143 cm³/mol. The van der Waals surface area contributed by atoms with Crippen molar-refractivity contribution >= 4 is 23.9 Å². The lowest BCUT2D eigenvalue weighted by Crippen LogP contribution is -2.46. The zero-order valence-corrected chi connectivity index (χ0v) is 21.1. The first-order valence-corrected chi connectivity index (χ1v) is 11.8. The van der Waals surface area contributed by atoms with E-state index in [4.69, 9.17) is 4.84 Å². The second-order valence-electron chi connectivity index (χ2n) is 7.74. The molecule has 1 fully saturated rings. The second kappa shape index (κ2) is 12.7. The molecule has 1 unspecified atom stereocenters. The molecule has 2 heterocycles. The molecule has 34 heavy (non-hydrogen) atoms. The van der Waals surface area contributed by atoms with Crippen LogP contribution in [0.2, 0.25) is 0 Å². The van der Waals surface area contributed by atoms with Crippen LogP contribution >= 0.6 is 0 Å². The van der Waals surface area contributed by atoms with Crippen LogP contribution in [0, 0.1) is 5.82 Å². The van der Waals surface area contributed by atoms with Gasteiger partial charge in [-0.05, 0) is 61.2 Å². The number of amidine groups is 1. The first kappa shape index (κ1) is 26.8. The van der Waals surface area contributed by atoms with Crippen molar-refractivity contribution < 1.29 is 9.23 Å². The van der Waals surface area contributed by atoms with Crippen LogP contribution in [-0.2, 0) is 10.6 Å². The number of halogens is 1. The monoisotopic (exact) mass is 464 g/mol. The molecule has 0 aromatic heterocycles. The maximum Gasteiger partial charge on any atom is 0.234 e. The van der Waals surface area contributed by atoms with Crippen molar-refractivity contribution in [3.63, 3.8) is 0 Å². The molecule has 0 amide bonds. The van der Waals surface area contributed by atoms with E-state index in [1.165, 1.54) is 12.1 Å². The van der Waals surface area contributed by atoms with Crippen molar-refractivity contribution in [1.82, 2.24) is 4.90 Å². The van der Waals surface area contributed by atoms with Crippen LogP contribution in [0.3, 0.4) is 0 Å². The topological polar surface area (TPSA) is 40.4 Å². The van der Waals surface area contributed by atoms with E-state index in [0.29, 0.717) is 0 Å². The zero-order chi connectivity index (χ0) is 25.1. The lowest BCUT2D eigenvalue weighted by atomic mass is 9.95. The van der Waals surface area contributed by atoms with Crippen molar-refractivity contribution in [2.75, 3.05) is 25.0 Å². The molecule has 1 atom stereocenters.